The molecule has 0 heterocycles. The standard InChI is InChI=1S/C14H20N4O/c1-3-18(9-11(2)8-15)10-14(19)17-13-6-4-12(16)5-7-13/h4-7,11H,3,9-10,16H2,1-2H3,(H,17,19). The van der Waals surface area contributed by atoms with E-state index in [-0.39, 0.29) is 18.4 Å². The molecule has 0 bridgehead atoms. The first-order chi connectivity index (χ1) is 9.05. The lowest BCUT2D eigenvalue weighted by molar-refractivity contribution is -0.117. The topological polar surface area (TPSA) is 82.2 Å². The lowest BCUT2D eigenvalue weighted by Gasteiger charge is -2.20. The molecule has 1 rings (SSSR count). The molecule has 1 aromatic carbocycles. The summed E-state index contributed by atoms with van der Waals surface area (Å²) in [5, 5.41) is 11.6. The number of anilines is 2. The van der Waals surface area contributed by atoms with Crippen molar-refractivity contribution in [3.05, 3.63) is 24.3 Å². The van der Waals surface area contributed by atoms with Gasteiger partial charge in [-0.3, -0.25) is 9.69 Å². The minimum absolute atomic E-state index is 0.0794. The summed E-state index contributed by atoms with van der Waals surface area (Å²) in [7, 11) is 0. The molecule has 19 heavy (non-hydrogen) atoms. The molecule has 0 radical (unpaired) electrons. The molecule has 0 spiro atoms. The van der Waals surface area contributed by atoms with Crippen LogP contribution in [0.25, 0.3) is 0 Å². The van der Waals surface area contributed by atoms with Gasteiger partial charge in [0.05, 0.1) is 18.5 Å². The van der Waals surface area contributed by atoms with E-state index in [0.717, 1.165) is 12.2 Å². The van der Waals surface area contributed by atoms with Crippen LogP contribution in [0.2, 0.25) is 0 Å². The highest BCUT2D eigenvalue weighted by Crippen LogP contribution is 2.10. The Kier molecular flexibility index (Phi) is 5.83. The number of likely N-dealkylation sites (N-methyl/N-ethyl adjacent to an activating group) is 1. The normalized spacial score (nSPS) is 11.9. The lowest BCUT2D eigenvalue weighted by atomic mass is 10.2. The van der Waals surface area contributed by atoms with E-state index >= 15 is 0 Å². The molecule has 102 valence electrons. The second-order valence-electron chi connectivity index (χ2n) is 4.53. The Labute approximate surface area is 114 Å². The van der Waals surface area contributed by atoms with Gasteiger partial charge in [-0.05, 0) is 37.7 Å². The molecular weight excluding hydrogens is 240 g/mol. The smallest absolute Gasteiger partial charge is 0.238 e. The van der Waals surface area contributed by atoms with E-state index in [9.17, 15) is 4.79 Å². The molecule has 1 aromatic rings. The Hall–Kier alpha value is -2.06. The Balaban J connectivity index is 2.49. The number of nitrogens with one attached hydrogen (secondary N) is 1. The van der Waals surface area contributed by atoms with Crippen molar-refractivity contribution >= 4 is 17.3 Å². The van der Waals surface area contributed by atoms with Crippen LogP contribution in [0.3, 0.4) is 0 Å². The van der Waals surface area contributed by atoms with Crippen molar-refractivity contribution in [1.29, 1.82) is 5.26 Å². The van der Waals surface area contributed by atoms with Gasteiger partial charge in [0.1, 0.15) is 0 Å². The Morgan fingerprint density at radius 1 is 1.47 bits per heavy atom. The molecule has 0 fully saturated rings. The van der Waals surface area contributed by atoms with Crippen LogP contribution >= 0.6 is 0 Å². The maximum atomic E-state index is 11.9. The van der Waals surface area contributed by atoms with Crippen LogP contribution in [-0.4, -0.2) is 30.4 Å². The maximum absolute atomic E-state index is 11.9. The van der Waals surface area contributed by atoms with Crippen LogP contribution in [0.15, 0.2) is 24.3 Å². The average Bonchev–Trinajstić information content (AvgIpc) is 2.40. The number of rotatable bonds is 6. The van der Waals surface area contributed by atoms with Gasteiger partial charge < -0.3 is 11.1 Å². The molecule has 0 aliphatic heterocycles. The average molecular weight is 260 g/mol. The summed E-state index contributed by atoms with van der Waals surface area (Å²) >= 11 is 0. The third kappa shape index (κ3) is 5.40. The Bertz CT molecular complexity index is 450. The van der Waals surface area contributed by atoms with Crippen molar-refractivity contribution in [3.8, 4) is 6.07 Å². The van der Waals surface area contributed by atoms with Crippen LogP contribution in [0, 0.1) is 17.2 Å². The van der Waals surface area contributed by atoms with E-state index in [1.165, 1.54) is 0 Å². The van der Waals surface area contributed by atoms with Gasteiger partial charge in [-0.1, -0.05) is 6.92 Å². The van der Waals surface area contributed by atoms with Gasteiger partial charge >= 0.3 is 0 Å². The Morgan fingerprint density at radius 3 is 2.63 bits per heavy atom. The number of hydrogen-bond acceptors (Lipinski definition) is 4. The van der Waals surface area contributed by atoms with Gasteiger partial charge in [-0.15, -0.1) is 0 Å². The van der Waals surface area contributed by atoms with E-state index in [1.54, 1.807) is 24.3 Å². The molecular formula is C14H20N4O. The molecule has 0 saturated carbocycles. The molecule has 5 heteroatoms. The lowest BCUT2D eigenvalue weighted by Crippen LogP contribution is -2.35. The van der Waals surface area contributed by atoms with Gasteiger partial charge in [0, 0.05) is 17.9 Å². The minimum Gasteiger partial charge on any atom is -0.399 e. The first-order valence-electron chi connectivity index (χ1n) is 6.32. The summed E-state index contributed by atoms with van der Waals surface area (Å²) in [6, 6.07) is 9.18. The SMILES string of the molecule is CCN(CC(=O)Nc1ccc(N)cc1)CC(C)C#N. The molecule has 1 amide bonds. The van der Waals surface area contributed by atoms with Gasteiger partial charge in [0.2, 0.25) is 5.91 Å². The summed E-state index contributed by atoms with van der Waals surface area (Å²) < 4.78 is 0. The fourth-order valence-electron chi connectivity index (χ4n) is 1.70. The highest BCUT2D eigenvalue weighted by atomic mass is 16.2. The zero-order chi connectivity index (χ0) is 14.3. The molecule has 0 aliphatic carbocycles. The van der Waals surface area contributed by atoms with Crippen LogP contribution in [-0.2, 0) is 4.79 Å². The van der Waals surface area contributed by atoms with E-state index < -0.39 is 0 Å². The molecule has 0 aliphatic rings. The van der Waals surface area contributed by atoms with Crippen LogP contribution in [0.1, 0.15) is 13.8 Å². The summed E-state index contributed by atoms with van der Waals surface area (Å²) in [4.78, 5) is 13.8. The number of amides is 1. The second kappa shape index (κ2) is 7.39. The van der Waals surface area contributed by atoms with Crippen molar-refractivity contribution in [1.82, 2.24) is 4.90 Å². The number of nitrogens with two attached hydrogens (primary N) is 1. The summed E-state index contributed by atoms with van der Waals surface area (Å²) in [5.74, 6) is -0.166. The number of hydrogen-bond donors (Lipinski definition) is 2. The summed E-state index contributed by atoms with van der Waals surface area (Å²) in [6.07, 6.45) is 0. The number of nitrogens with zero attached hydrogens (tertiary/aromatic N) is 2. The van der Waals surface area contributed by atoms with Gasteiger partial charge in [-0.25, -0.2) is 0 Å². The summed E-state index contributed by atoms with van der Waals surface area (Å²) in [5.41, 5.74) is 6.97. The van der Waals surface area contributed by atoms with E-state index in [0.29, 0.717) is 12.2 Å². The molecule has 1 unspecified atom stereocenters. The number of nitrogen functional groups attached to an aromatic ring is 1. The predicted molar refractivity (Wildman–Crippen MR) is 76.4 cm³/mol. The van der Waals surface area contributed by atoms with Crippen LogP contribution in [0.4, 0.5) is 11.4 Å². The molecule has 3 N–H and O–H groups in total. The third-order valence-electron chi connectivity index (χ3n) is 2.76. The van der Waals surface area contributed by atoms with E-state index in [4.69, 9.17) is 11.0 Å². The monoisotopic (exact) mass is 260 g/mol. The fraction of sp³-hybridized carbons (Fsp3) is 0.429. The molecule has 5 nitrogen and oxygen atoms in total. The Morgan fingerprint density at radius 2 is 2.11 bits per heavy atom. The highest BCUT2D eigenvalue weighted by Gasteiger charge is 2.12. The van der Waals surface area contributed by atoms with Crippen LogP contribution < -0.4 is 11.1 Å². The van der Waals surface area contributed by atoms with Crippen molar-refractivity contribution in [2.75, 3.05) is 30.7 Å². The van der Waals surface area contributed by atoms with Crippen molar-refractivity contribution in [2.24, 2.45) is 5.92 Å². The molecule has 0 saturated heterocycles. The van der Waals surface area contributed by atoms with E-state index in [1.807, 2.05) is 18.7 Å². The first kappa shape index (κ1) is 15.0. The van der Waals surface area contributed by atoms with Crippen LogP contribution in [0.5, 0.6) is 0 Å². The minimum atomic E-state index is -0.0863. The number of benzene rings is 1. The predicted octanol–water partition coefficient (Wildman–Crippen LogP) is 1.69. The van der Waals surface area contributed by atoms with Gasteiger partial charge in [0.15, 0.2) is 0 Å². The largest absolute Gasteiger partial charge is 0.399 e. The van der Waals surface area contributed by atoms with Gasteiger partial charge in [0.25, 0.3) is 0 Å². The van der Waals surface area contributed by atoms with Gasteiger partial charge in [-0.2, -0.15) is 5.26 Å². The molecule has 0 aromatic heterocycles. The summed E-state index contributed by atoms with van der Waals surface area (Å²) in [6.45, 7) is 5.44. The van der Waals surface area contributed by atoms with Crippen molar-refractivity contribution in [2.45, 2.75) is 13.8 Å². The second-order valence-corrected chi connectivity index (χ2v) is 4.53. The fourth-order valence-corrected chi connectivity index (χ4v) is 1.70. The number of carbonyl (C=O) groups is 1. The maximum Gasteiger partial charge on any atom is 0.238 e. The quantitative estimate of drug-likeness (QED) is 0.762. The highest BCUT2D eigenvalue weighted by molar-refractivity contribution is 5.92. The number of carbonyl (C=O) groups excluding carboxylic acids is 1. The zero-order valence-electron chi connectivity index (χ0n) is 11.4. The van der Waals surface area contributed by atoms with Crippen molar-refractivity contribution < 1.29 is 4.79 Å². The number of nitriles is 1. The molecule has 1 atom stereocenters. The van der Waals surface area contributed by atoms with Crippen molar-refractivity contribution in [3.63, 3.8) is 0 Å². The first-order valence-corrected chi connectivity index (χ1v) is 6.32. The zero-order valence-corrected chi connectivity index (χ0v) is 11.4. The van der Waals surface area contributed by atoms with E-state index in [2.05, 4.69) is 11.4 Å². The third-order valence-corrected chi connectivity index (χ3v) is 2.76.